The maximum absolute atomic E-state index is 10.0. The number of benzene rings is 2. The predicted molar refractivity (Wildman–Crippen MR) is 86.1 cm³/mol. The normalized spacial score (nSPS) is 10.7. The molecule has 2 nitrogen and oxygen atoms in total. The van der Waals surface area contributed by atoms with Crippen LogP contribution in [0.4, 0.5) is 5.69 Å². The number of hydrogen-bond acceptors (Lipinski definition) is 2. The molecule has 0 spiro atoms. The highest BCUT2D eigenvalue weighted by atomic mass is 35.5. The first kappa shape index (κ1) is 15.0. The minimum atomic E-state index is 0.0901. The van der Waals surface area contributed by atoms with Gasteiger partial charge in [0.1, 0.15) is 5.75 Å². The zero-order chi connectivity index (χ0) is 14.9. The molecule has 0 aliphatic rings. The Balaban J connectivity index is 2.30. The summed E-state index contributed by atoms with van der Waals surface area (Å²) in [7, 11) is 1.97. The monoisotopic (exact) mass is 309 g/mol. The van der Waals surface area contributed by atoms with Crippen molar-refractivity contribution >= 4 is 28.9 Å². The molecule has 0 aromatic heterocycles. The molecule has 20 heavy (non-hydrogen) atoms. The number of phenols is 1. The van der Waals surface area contributed by atoms with E-state index in [1.54, 1.807) is 12.1 Å². The van der Waals surface area contributed by atoms with Crippen molar-refractivity contribution in [2.75, 3.05) is 11.9 Å². The molecule has 2 aromatic rings. The van der Waals surface area contributed by atoms with Crippen LogP contribution in [-0.2, 0) is 6.54 Å². The number of hydrogen-bond donors (Lipinski definition) is 1. The summed E-state index contributed by atoms with van der Waals surface area (Å²) in [6, 6.07) is 9.62. The molecule has 0 saturated carbocycles. The van der Waals surface area contributed by atoms with Gasteiger partial charge >= 0.3 is 0 Å². The van der Waals surface area contributed by atoms with Crippen molar-refractivity contribution in [2.24, 2.45) is 0 Å². The van der Waals surface area contributed by atoms with Gasteiger partial charge < -0.3 is 10.0 Å². The summed E-state index contributed by atoms with van der Waals surface area (Å²) in [5, 5.41) is 10.8. The molecule has 106 valence electrons. The van der Waals surface area contributed by atoms with Crippen molar-refractivity contribution < 1.29 is 5.11 Å². The lowest BCUT2D eigenvalue weighted by Crippen LogP contribution is -2.16. The zero-order valence-electron chi connectivity index (χ0n) is 11.7. The summed E-state index contributed by atoms with van der Waals surface area (Å²) in [4.78, 5) is 2.06. The Bertz CT molecular complexity index is 620. The summed E-state index contributed by atoms with van der Waals surface area (Å²) in [6.07, 6.45) is 0. The van der Waals surface area contributed by atoms with Crippen molar-refractivity contribution in [3.63, 3.8) is 0 Å². The van der Waals surface area contributed by atoms with Crippen molar-refractivity contribution in [1.29, 1.82) is 0 Å². The van der Waals surface area contributed by atoms with Crippen LogP contribution in [0, 0.1) is 13.8 Å². The highest BCUT2D eigenvalue weighted by molar-refractivity contribution is 6.35. The molecular formula is C16H17Cl2NO. The molecule has 0 amide bonds. The van der Waals surface area contributed by atoms with E-state index in [1.807, 2.05) is 7.05 Å². The molecule has 0 bridgehead atoms. The highest BCUT2D eigenvalue weighted by Crippen LogP contribution is 2.32. The number of halogens is 2. The molecule has 2 aromatic carbocycles. The average molecular weight is 310 g/mol. The standard InChI is InChI=1S/C16H17Cl2NO/c1-10-4-11(2)6-14(5-10)19(3)9-12-7-13(17)8-15(18)16(12)20/h4-8,20H,9H2,1-3H3. The first-order valence-corrected chi connectivity index (χ1v) is 7.08. The number of aromatic hydroxyl groups is 1. The first-order chi connectivity index (χ1) is 9.36. The predicted octanol–water partition coefficient (Wildman–Crippen LogP) is 4.95. The van der Waals surface area contributed by atoms with Gasteiger partial charge in [0.2, 0.25) is 0 Å². The molecule has 0 heterocycles. The van der Waals surface area contributed by atoms with E-state index in [4.69, 9.17) is 23.2 Å². The van der Waals surface area contributed by atoms with Crippen LogP contribution in [0.5, 0.6) is 5.75 Å². The molecule has 0 aliphatic carbocycles. The van der Waals surface area contributed by atoms with Gasteiger partial charge in [0.05, 0.1) is 5.02 Å². The fraction of sp³-hybridized carbons (Fsp3) is 0.250. The Morgan fingerprint density at radius 2 is 1.60 bits per heavy atom. The summed E-state index contributed by atoms with van der Waals surface area (Å²) in [6.45, 7) is 4.67. The van der Waals surface area contributed by atoms with Gasteiger partial charge in [-0.15, -0.1) is 0 Å². The lowest BCUT2D eigenvalue weighted by Gasteiger charge is -2.21. The molecule has 0 saturated heterocycles. The van der Waals surface area contributed by atoms with Gasteiger partial charge in [-0.2, -0.15) is 0 Å². The maximum atomic E-state index is 10.0. The molecule has 0 aliphatic heterocycles. The second kappa shape index (κ2) is 5.94. The SMILES string of the molecule is Cc1cc(C)cc(N(C)Cc2cc(Cl)cc(Cl)c2O)c1. The highest BCUT2D eigenvalue weighted by Gasteiger charge is 2.11. The Morgan fingerprint density at radius 3 is 2.20 bits per heavy atom. The minimum Gasteiger partial charge on any atom is -0.506 e. The molecule has 0 fully saturated rings. The Labute approximate surface area is 129 Å². The van der Waals surface area contributed by atoms with Gasteiger partial charge in [-0.05, 0) is 49.2 Å². The van der Waals surface area contributed by atoms with E-state index >= 15 is 0 Å². The minimum absolute atomic E-state index is 0.0901. The van der Waals surface area contributed by atoms with E-state index in [0.717, 1.165) is 5.69 Å². The van der Waals surface area contributed by atoms with Gasteiger partial charge in [0, 0.05) is 29.9 Å². The van der Waals surface area contributed by atoms with E-state index in [-0.39, 0.29) is 10.8 Å². The lowest BCUT2D eigenvalue weighted by molar-refractivity contribution is 0.468. The van der Waals surface area contributed by atoms with Crippen LogP contribution >= 0.6 is 23.2 Å². The molecule has 0 radical (unpaired) electrons. The summed E-state index contributed by atoms with van der Waals surface area (Å²) < 4.78 is 0. The second-order valence-electron chi connectivity index (χ2n) is 5.10. The summed E-state index contributed by atoms with van der Waals surface area (Å²) >= 11 is 11.9. The van der Waals surface area contributed by atoms with Crippen LogP contribution in [0.1, 0.15) is 16.7 Å². The quantitative estimate of drug-likeness (QED) is 0.867. The van der Waals surface area contributed by atoms with E-state index in [2.05, 4.69) is 36.9 Å². The average Bonchev–Trinajstić information content (AvgIpc) is 2.34. The number of nitrogens with zero attached hydrogens (tertiary/aromatic N) is 1. The third-order valence-electron chi connectivity index (χ3n) is 3.16. The van der Waals surface area contributed by atoms with Crippen LogP contribution in [0.15, 0.2) is 30.3 Å². The first-order valence-electron chi connectivity index (χ1n) is 6.33. The summed E-state index contributed by atoms with van der Waals surface area (Å²) in [5.74, 6) is 0.0901. The lowest BCUT2D eigenvalue weighted by atomic mass is 10.1. The van der Waals surface area contributed by atoms with E-state index < -0.39 is 0 Å². The number of rotatable bonds is 3. The van der Waals surface area contributed by atoms with E-state index in [1.165, 1.54) is 11.1 Å². The number of anilines is 1. The van der Waals surface area contributed by atoms with E-state index in [9.17, 15) is 5.11 Å². The molecule has 0 unspecified atom stereocenters. The van der Waals surface area contributed by atoms with Crippen LogP contribution in [0.25, 0.3) is 0 Å². The van der Waals surface area contributed by atoms with Gasteiger partial charge in [-0.3, -0.25) is 0 Å². The van der Waals surface area contributed by atoms with Gasteiger partial charge in [0.15, 0.2) is 0 Å². The number of phenolic OH excluding ortho intramolecular Hbond substituents is 1. The summed E-state index contributed by atoms with van der Waals surface area (Å²) in [5.41, 5.74) is 4.22. The van der Waals surface area contributed by atoms with Crippen LogP contribution in [-0.4, -0.2) is 12.2 Å². The fourth-order valence-electron chi connectivity index (χ4n) is 2.26. The molecule has 1 N–H and O–H groups in total. The van der Waals surface area contributed by atoms with Crippen LogP contribution in [0.2, 0.25) is 10.0 Å². The van der Waals surface area contributed by atoms with E-state index in [0.29, 0.717) is 17.1 Å². The van der Waals surface area contributed by atoms with Crippen molar-refractivity contribution in [3.05, 3.63) is 57.1 Å². The largest absolute Gasteiger partial charge is 0.506 e. The van der Waals surface area contributed by atoms with Gasteiger partial charge in [0.25, 0.3) is 0 Å². The maximum Gasteiger partial charge on any atom is 0.139 e. The third kappa shape index (κ3) is 3.38. The topological polar surface area (TPSA) is 23.5 Å². The molecular weight excluding hydrogens is 293 g/mol. The van der Waals surface area contributed by atoms with Gasteiger partial charge in [-0.1, -0.05) is 29.3 Å². The number of aryl methyl sites for hydroxylation is 2. The van der Waals surface area contributed by atoms with Crippen LogP contribution in [0.3, 0.4) is 0 Å². The fourth-order valence-corrected chi connectivity index (χ4v) is 2.79. The molecule has 0 atom stereocenters. The smallest absolute Gasteiger partial charge is 0.139 e. The van der Waals surface area contributed by atoms with Crippen molar-refractivity contribution in [1.82, 2.24) is 0 Å². The second-order valence-corrected chi connectivity index (χ2v) is 5.94. The Kier molecular flexibility index (Phi) is 4.46. The Morgan fingerprint density at radius 1 is 1.00 bits per heavy atom. The third-order valence-corrected chi connectivity index (χ3v) is 3.67. The van der Waals surface area contributed by atoms with Crippen molar-refractivity contribution in [3.8, 4) is 5.75 Å². The van der Waals surface area contributed by atoms with Gasteiger partial charge in [-0.25, -0.2) is 0 Å². The van der Waals surface area contributed by atoms with Crippen molar-refractivity contribution in [2.45, 2.75) is 20.4 Å². The molecule has 4 heteroatoms. The van der Waals surface area contributed by atoms with Crippen LogP contribution < -0.4 is 4.90 Å². The molecule has 2 rings (SSSR count). The Hall–Kier alpha value is -1.38. The zero-order valence-corrected chi connectivity index (χ0v) is 13.3.